The van der Waals surface area contributed by atoms with Gasteiger partial charge in [0, 0.05) is 54.0 Å². The molecule has 138 valence electrons. The Kier molecular flexibility index (Phi) is 4.61. The van der Waals surface area contributed by atoms with Gasteiger partial charge in [0.15, 0.2) is 0 Å². The lowest BCUT2D eigenvalue weighted by Crippen LogP contribution is -2.27. The Morgan fingerprint density at radius 2 is 2.27 bits per heavy atom. The van der Waals surface area contributed by atoms with Gasteiger partial charge in [0.1, 0.15) is 12.1 Å². The molecule has 1 aliphatic carbocycles. The Labute approximate surface area is 153 Å². The summed E-state index contributed by atoms with van der Waals surface area (Å²) in [6.45, 7) is 6.26. The van der Waals surface area contributed by atoms with Crippen molar-refractivity contribution in [3.8, 4) is 0 Å². The molecule has 0 radical (unpaired) electrons. The second-order valence-electron chi connectivity index (χ2n) is 7.59. The predicted molar refractivity (Wildman–Crippen MR) is 98.9 cm³/mol. The number of fused-ring (bicyclic) bond motifs is 1. The molecule has 1 unspecified atom stereocenters. The minimum Gasteiger partial charge on any atom is -0.356 e. The highest BCUT2D eigenvalue weighted by Gasteiger charge is 2.30. The van der Waals surface area contributed by atoms with Gasteiger partial charge in [-0.1, -0.05) is 13.8 Å². The average Bonchev–Trinajstić information content (AvgIpc) is 3.38. The third-order valence-electron chi connectivity index (χ3n) is 5.48. The molecule has 2 aromatic heterocycles. The van der Waals surface area contributed by atoms with E-state index in [0.717, 1.165) is 49.4 Å². The first-order chi connectivity index (χ1) is 12.6. The standard InChI is InChI=1S/C19H26N6O/c1-12(2)19(26)20-8-14-9-23-24-17(14)13-6-7-25(10-13)18-15-4-3-5-16(15)21-11-22-18/h9,11-13H,3-8,10H2,1-2H3,(H,20,26)(H,23,24). The molecule has 4 rings (SSSR count). The number of hydrogen-bond acceptors (Lipinski definition) is 5. The zero-order valence-corrected chi connectivity index (χ0v) is 15.5. The summed E-state index contributed by atoms with van der Waals surface area (Å²) in [5.74, 6) is 1.56. The second kappa shape index (κ2) is 7.05. The predicted octanol–water partition coefficient (Wildman–Crippen LogP) is 1.95. The molecule has 0 aromatic carbocycles. The van der Waals surface area contributed by atoms with Crippen LogP contribution in [0.15, 0.2) is 12.5 Å². The largest absolute Gasteiger partial charge is 0.356 e. The van der Waals surface area contributed by atoms with Crippen LogP contribution in [0.2, 0.25) is 0 Å². The molecule has 0 bridgehead atoms. The fourth-order valence-corrected chi connectivity index (χ4v) is 4.00. The lowest BCUT2D eigenvalue weighted by atomic mass is 10.0. The number of carbonyl (C=O) groups excluding carboxylic acids is 1. The smallest absolute Gasteiger partial charge is 0.222 e. The molecule has 2 aliphatic rings. The highest BCUT2D eigenvalue weighted by atomic mass is 16.1. The maximum atomic E-state index is 11.9. The van der Waals surface area contributed by atoms with Gasteiger partial charge in [0.25, 0.3) is 0 Å². The van der Waals surface area contributed by atoms with E-state index >= 15 is 0 Å². The lowest BCUT2D eigenvalue weighted by molar-refractivity contribution is -0.124. The normalized spacial score (nSPS) is 19.2. The Hall–Kier alpha value is -2.44. The van der Waals surface area contributed by atoms with E-state index in [1.165, 1.54) is 17.7 Å². The molecule has 1 atom stereocenters. The van der Waals surface area contributed by atoms with Gasteiger partial charge in [-0.3, -0.25) is 9.89 Å². The van der Waals surface area contributed by atoms with Crippen molar-refractivity contribution < 1.29 is 4.79 Å². The van der Waals surface area contributed by atoms with E-state index in [1.807, 2.05) is 20.0 Å². The maximum Gasteiger partial charge on any atom is 0.222 e. The van der Waals surface area contributed by atoms with Gasteiger partial charge in [-0.05, 0) is 25.7 Å². The number of H-pyrrole nitrogens is 1. The van der Waals surface area contributed by atoms with Crippen LogP contribution in [0, 0.1) is 5.92 Å². The average molecular weight is 354 g/mol. The van der Waals surface area contributed by atoms with Crippen LogP contribution in [-0.2, 0) is 24.2 Å². The van der Waals surface area contributed by atoms with Crippen molar-refractivity contribution in [1.82, 2.24) is 25.5 Å². The highest BCUT2D eigenvalue weighted by molar-refractivity contribution is 5.77. The number of hydrogen-bond donors (Lipinski definition) is 2. The van der Waals surface area contributed by atoms with Crippen molar-refractivity contribution in [3.05, 3.63) is 35.0 Å². The first kappa shape index (κ1) is 17.0. The zero-order valence-electron chi connectivity index (χ0n) is 15.5. The van der Waals surface area contributed by atoms with Crippen LogP contribution in [0.1, 0.15) is 55.1 Å². The van der Waals surface area contributed by atoms with E-state index in [1.54, 1.807) is 6.33 Å². The minimum absolute atomic E-state index is 0.00724. The lowest BCUT2D eigenvalue weighted by Gasteiger charge is -2.20. The highest BCUT2D eigenvalue weighted by Crippen LogP contribution is 2.34. The summed E-state index contributed by atoms with van der Waals surface area (Å²) in [5, 5.41) is 10.4. The van der Waals surface area contributed by atoms with Gasteiger partial charge in [0.2, 0.25) is 5.91 Å². The summed E-state index contributed by atoms with van der Waals surface area (Å²) in [7, 11) is 0. The van der Waals surface area contributed by atoms with Crippen molar-refractivity contribution in [1.29, 1.82) is 0 Å². The number of nitrogens with zero attached hydrogens (tertiary/aromatic N) is 4. The van der Waals surface area contributed by atoms with Gasteiger partial charge < -0.3 is 10.2 Å². The molecule has 7 heteroatoms. The van der Waals surface area contributed by atoms with Crippen LogP contribution < -0.4 is 10.2 Å². The second-order valence-corrected chi connectivity index (χ2v) is 7.59. The summed E-state index contributed by atoms with van der Waals surface area (Å²) >= 11 is 0. The van der Waals surface area contributed by atoms with Crippen LogP contribution in [0.3, 0.4) is 0 Å². The van der Waals surface area contributed by atoms with Gasteiger partial charge in [-0.25, -0.2) is 9.97 Å². The van der Waals surface area contributed by atoms with Gasteiger partial charge in [-0.15, -0.1) is 0 Å². The summed E-state index contributed by atoms with van der Waals surface area (Å²) in [4.78, 5) is 23.3. The third kappa shape index (κ3) is 3.18. The number of carbonyl (C=O) groups is 1. The quantitative estimate of drug-likeness (QED) is 0.857. The van der Waals surface area contributed by atoms with E-state index in [2.05, 4.69) is 30.4 Å². The Morgan fingerprint density at radius 1 is 1.38 bits per heavy atom. The van der Waals surface area contributed by atoms with Crippen LogP contribution >= 0.6 is 0 Å². The van der Waals surface area contributed by atoms with E-state index in [4.69, 9.17) is 0 Å². The molecule has 3 heterocycles. The van der Waals surface area contributed by atoms with Crippen LogP contribution in [0.4, 0.5) is 5.82 Å². The monoisotopic (exact) mass is 354 g/mol. The zero-order chi connectivity index (χ0) is 18.1. The van der Waals surface area contributed by atoms with Crippen molar-refractivity contribution in [2.45, 2.75) is 52.0 Å². The van der Waals surface area contributed by atoms with Crippen LogP contribution in [-0.4, -0.2) is 39.2 Å². The summed E-state index contributed by atoms with van der Waals surface area (Å²) in [6, 6.07) is 0. The van der Waals surface area contributed by atoms with Crippen LogP contribution in [0.5, 0.6) is 0 Å². The number of amides is 1. The van der Waals surface area contributed by atoms with Crippen LogP contribution in [0.25, 0.3) is 0 Å². The molecule has 2 aromatic rings. The fraction of sp³-hybridized carbons (Fsp3) is 0.579. The van der Waals surface area contributed by atoms with Crippen molar-refractivity contribution in [2.75, 3.05) is 18.0 Å². The number of aryl methyl sites for hydroxylation is 1. The SMILES string of the molecule is CC(C)C(=O)NCc1cn[nH]c1C1CCN(c2ncnc3c2CCC3)C1. The maximum absolute atomic E-state index is 11.9. The molecular formula is C19H26N6O. The molecule has 0 spiro atoms. The summed E-state index contributed by atoms with van der Waals surface area (Å²) < 4.78 is 0. The number of aromatic nitrogens is 4. The Morgan fingerprint density at radius 3 is 3.12 bits per heavy atom. The first-order valence-electron chi connectivity index (χ1n) is 9.51. The van der Waals surface area contributed by atoms with Gasteiger partial charge in [-0.2, -0.15) is 5.10 Å². The summed E-state index contributed by atoms with van der Waals surface area (Å²) in [6.07, 6.45) is 7.94. The number of rotatable bonds is 5. The number of anilines is 1. The summed E-state index contributed by atoms with van der Waals surface area (Å²) in [5.41, 5.74) is 4.78. The molecule has 7 nitrogen and oxygen atoms in total. The molecule has 1 fully saturated rings. The fourth-order valence-electron chi connectivity index (χ4n) is 4.00. The molecule has 1 aliphatic heterocycles. The third-order valence-corrected chi connectivity index (χ3v) is 5.48. The Balaban J connectivity index is 1.46. The van der Waals surface area contributed by atoms with E-state index < -0.39 is 0 Å². The van der Waals surface area contributed by atoms with Crippen molar-refractivity contribution >= 4 is 11.7 Å². The molecule has 2 N–H and O–H groups in total. The minimum atomic E-state index is -0.00724. The van der Waals surface area contributed by atoms with E-state index in [0.29, 0.717) is 12.5 Å². The van der Waals surface area contributed by atoms with E-state index in [9.17, 15) is 4.79 Å². The molecule has 1 saturated heterocycles. The topological polar surface area (TPSA) is 86.8 Å². The first-order valence-corrected chi connectivity index (χ1v) is 9.51. The van der Waals surface area contributed by atoms with Crippen molar-refractivity contribution in [2.24, 2.45) is 5.92 Å². The molecule has 26 heavy (non-hydrogen) atoms. The molecular weight excluding hydrogens is 328 g/mol. The van der Waals surface area contributed by atoms with Crippen molar-refractivity contribution in [3.63, 3.8) is 0 Å². The number of aromatic amines is 1. The molecule has 0 saturated carbocycles. The Bertz CT molecular complexity index is 799. The van der Waals surface area contributed by atoms with Gasteiger partial charge >= 0.3 is 0 Å². The number of nitrogens with one attached hydrogen (secondary N) is 2. The van der Waals surface area contributed by atoms with E-state index in [-0.39, 0.29) is 11.8 Å². The van der Waals surface area contributed by atoms with Gasteiger partial charge in [0.05, 0.1) is 6.20 Å². The molecule has 1 amide bonds.